The van der Waals surface area contributed by atoms with Gasteiger partial charge in [-0.3, -0.25) is 9.35 Å². The summed E-state index contributed by atoms with van der Waals surface area (Å²) in [4.78, 5) is 12.9. The second-order valence-corrected chi connectivity index (χ2v) is 17.4. The summed E-state index contributed by atoms with van der Waals surface area (Å²) in [5.74, 6) is -0.446. The highest BCUT2D eigenvalue weighted by atomic mass is 32.3. The van der Waals surface area contributed by atoms with Gasteiger partial charge in [0.1, 0.15) is 30.5 Å². The molecule has 6 unspecified atom stereocenters. The lowest BCUT2D eigenvalue weighted by atomic mass is 9.99. The van der Waals surface area contributed by atoms with Crippen molar-refractivity contribution in [1.82, 2.24) is 0 Å². The Kier molecular flexibility index (Phi) is 38.6. The summed E-state index contributed by atoms with van der Waals surface area (Å²) in [6.07, 6.45) is 46.2. The topological polar surface area (TPSA) is 178 Å². The molecule has 64 heavy (non-hydrogen) atoms. The number of rotatable bonds is 41. The molecule has 0 spiro atoms. The minimum atomic E-state index is -5.08. The fraction of sp³-hybridized carbons (Fsp3) is 0.706. The van der Waals surface area contributed by atoms with Crippen LogP contribution in [0.1, 0.15) is 168 Å². The van der Waals surface area contributed by atoms with Crippen molar-refractivity contribution in [2.45, 2.75) is 205 Å². The molecule has 368 valence electrons. The molecule has 13 heteroatoms. The molecule has 1 heterocycles. The summed E-state index contributed by atoms with van der Waals surface area (Å²) in [6, 6.07) is 0. The third-order valence-corrected chi connectivity index (χ3v) is 11.0. The van der Waals surface area contributed by atoms with Crippen LogP contribution in [-0.2, 0) is 38.3 Å². The molecule has 0 amide bonds. The lowest BCUT2D eigenvalue weighted by Crippen LogP contribution is -2.60. The van der Waals surface area contributed by atoms with Gasteiger partial charge in [0, 0.05) is 13.0 Å². The first-order valence-electron chi connectivity index (χ1n) is 24.3. The van der Waals surface area contributed by atoms with Crippen LogP contribution in [-0.4, -0.2) is 97.5 Å². The number of carbonyl (C=O) groups excluding carboxylic acids is 1. The smallest absolute Gasteiger partial charge is 0.397 e. The highest BCUT2D eigenvalue weighted by Gasteiger charge is 2.48. The van der Waals surface area contributed by atoms with Gasteiger partial charge in [0.25, 0.3) is 0 Å². The van der Waals surface area contributed by atoms with Gasteiger partial charge in [-0.15, -0.1) is 0 Å². The second-order valence-electron chi connectivity index (χ2n) is 16.3. The van der Waals surface area contributed by atoms with E-state index in [1.165, 1.54) is 57.8 Å². The molecule has 0 saturated carbocycles. The molecule has 1 aliphatic heterocycles. The molecular formula is C51H86O12S. The molecule has 12 nitrogen and oxygen atoms in total. The maximum absolute atomic E-state index is 12.9. The Morgan fingerprint density at radius 3 is 1.58 bits per heavy atom. The van der Waals surface area contributed by atoms with Crippen molar-refractivity contribution in [2.75, 3.05) is 26.4 Å². The second kappa shape index (κ2) is 41.7. The first kappa shape index (κ1) is 59.3. The highest BCUT2D eigenvalue weighted by molar-refractivity contribution is 7.80. The quantitative estimate of drug-likeness (QED) is 0.0198. The van der Waals surface area contributed by atoms with Gasteiger partial charge in [-0.1, -0.05) is 157 Å². The van der Waals surface area contributed by atoms with Gasteiger partial charge in [0.2, 0.25) is 0 Å². The standard InChI is InChI=1S/C51H86O12S/c1-3-5-7-9-11-13-15-17-19-20-21-22-23-24-25-27-29-31-33-35-37-39-41-59-43-45(44-60-51-49(55)50(63-64(56,57)58)48(54)46(42-52)62-51)61-47(53)40-38-36-34-32-30-28-26-18-16-14-12-10-8-6-4-2/h6,8,12,14-15,17-18,20-21,23-24,26,30,32,45-46,48-52,54-55H,3-5,7,9-11,13,16,19,22,25,27-29,31,33-44H2,1-2H3,(H,56,57,58)/b8-6-,14-12-,17-15-,21-20-,24-23-,26-18-,32-30-. The van der Waals surface area contributed by atoms with E-state index in [1.54, 1.807) is 0 Å². The van der Waals surface area contributed by atoms with Crippen LogP contribution in [0, 0.1) is 0 Å². The van der Waals surface area contributed by atoms with Crippen LogP contribution in [0.2, 0.25) is 0 Å². The van der Waals surface area contributed by atoms with E-state index in [9.17, 15) is 33.1 Å². The number of carbonyl (C=O) groups is 1. The normalized spacial score (nSPS) is 20.5. The predicted molar refractivity (Wildman–Crippen MR) is 257 cm³/mol. The average Bonchev–Trinajstić information content (AvgIpc) is 3.27. The zero-order chi connectivity index (χ0) is 46.8. The molecule has 0 bridgehead atoms. The summed E-state index contributed by atoms with van der Waals surface area (Å²) in [5.41, 5.74) is 0. The van der Waals surface area contributed by atoms with E-state index >= 15 is 0 Å². The largest absolute Gasteiger partial charge is 0.457 e. The lowest BCUT2D eigenvalue weighted by Gasteiger charge is -2.41. The number of aliphatic hydroxyl groups excluding tert-OH is 3. The van der Waals surface area contributed by atoms with Gasteiger partial charge in [0.05, 0.1) is 19.8 Å². The van der Waals surface area contributed by atoms with Gasteiger partial charge in [-0.05, 0) is 89.9 Å². The van der Waals surface area contributed by atoms with Crippen molar-refractivity contribution in [3.63, 3.8) is 0 Å². The van der Waals surface area contributed by atoms with Crippen LogP contribution in [0.25, 0.3) is 0 Å². The maximum Gasteiger partial charge on any atom is 0.397 e. The predicted octanol–water partition coefficient (Wildman–Crippen LogP) is 10.9. The van der Waals surface area contributed by atoms with E-state index in [0.717, 1.165) is 83.5 Å². The molecule has 6 atom stereocenters. The molecule has 0 aromatic heterocycles. The Morgan fingerprint density at radius 1 is 0.609 bits per heavy atom. The number of ether oxygens (including phenoxy) is 4. The summed E-state index contributed by atoms with van der Waals surface area (Å²) < 4.78 is 59.1. The fourth-order valence-electron chi connectivity index (χ4n) is 6.85. The van der Waals surface area contributed by atoms with Crippen LogP contribution in [0.15, 0.2) is 85.1 Å². The zero-order valence-corrected chi connectivity index (χ0v) is 40.1. The number of unbranched alkanes of at least 4 members (excludes halogenated alkanes) is 14. The monoisotopic (exact) mass is 923 g/mol. The zero-order valence-electron chi connectivity index (χ0n) is 39.3. The molecule has 1 aliphatic rings. The molecule has 4 N–H and O–H groups in total. The summed E-state index contributed by atoms with van der Waals surface area (Å²) >= 11 is 0. The van der Waals surface area contributed by atoms with Crippen molar-refractivity contribution in [3.8, 4) is 0 Å². The van der Waals surface area contributed by atoms with Gasteiger partial charge in [-0.2, -0.15) is 8.42 Å². The van der Waals surface area contributed by atoms with Crippen LogP contribution in [0.5, 0.6) is 0 Å². The van der Waals surface area contributed by atoms with E-state index < -0.39 is 59.8 Å². The Morgan fingerprint density at radius 2 is 1.08 bits per heavy atom. The Hall–Kier alpha value is -2.72. The number of aliphatic hydroxyl groups is 3. The Balaban J connectivity index is 2.42. The van der Waals surface area contributed by atoms with Crippen LogP contribution >= 0.6 is 0 Å². The van der Waals surface area contributed by atoms with E-state index in [0.29, 0.717) is 13.0 Å². The summed E-state index contributed by atoms with van der Waals surface area (Å²) in [6.45, 7) is 3.77. The minimum absolute atomic E-state index is 0.00706. The van der Waals surface area contributed by atoms with Crippen molar-refractivity contribution in [3.05, 3.63) is 85.1 Å². The summed E-state index contributed by atoms with van der Waals surface area (Å²) in [7, 11) is -5.08. The van der Waals surface area contributed by atoms with E-state index in [-0.39, 0.29) is 19.6 Å². The van der Waals surface area contributed by atoms with Crippen molar-refractivity contribution in [2.24, 2.45) is 0 Å². The highest BCUT2D eigenvalue weighted by Crippen LogP contribution is 2.26. The Labute approximate surface area is 387 Å². The molecule has 0 aromatic carbocycles. The third-order valence-electron chi connectivity index (χ3n) is 10.5. The van der Waals surface area contributed by atoms with Gasteiger partial charge >= 0.3 is 16.4 Å². The van der Waals surface area contributed by atoms with Crippen LogP contribution in [0.4, 0.5) is 0 Å². The van der Waals surface area contributed by atoms with Gasteiger partial charge < -0.3 is 34.3 Å². The maximum atomic E-state index is 12.9. The fourth-order valence-corrected chi connectivity index (χ4v) is 7.35. The number of hydrogen-bond donors (Lipinski definition) is 4. The van der Waals surface area contributed by atoms with Crippen molar-refractivity contribution >= 4 is 16.4 Å². The molecule has 1 saturated heterocycles. The number of allylic oxidation sites excluding steroid dienone is 14. The van der Waals surface area contributed by atoms with Crippen LogP contribution in [0.3, 0.4) is 0 Å². The lowest BCUT2D eigenvalue weighted by molar-refractivity contribution is -0.301. The first-order valence-corrected chi connectivity index (χ1v) is 25.7. The van der Waals surface area contributed by atoms with E-state index in [2.05, 4.69) is 103 Å². The summed E-state index contributed by atoms with van der Waals surface area (Å²) in [5, 5.41) is 30.7. The van der Waals surface area contributed by atoms with Crippen LogP contribution < -0.4 is 0 Å². The molecule has 1 rings (SSSR count). The van der Waals surface area contributed by atoms with Gasteiger partial charge in [-0.25, -0.2) is 4.18 Å². The average molecular weight is 923 g/mol. The Bertz CT molecular complexity index is 1440. The SMILES string of the molecule is CC/C=C\C/C=C\C/C=C\C/C=C\CCCCC(=O)OC(COCCCCCCCCC/C=C\C/C=C\C/C=C\CCCCCCC)COC1OC(CO)C(O)C(OS(=O)(=O)O)C1O. The van der Waals surface area contributed by atoms with Crippen molar-refractivity contribution in [1.29, 1.82) is 0 Å². The first-order chi connectivity index (χ1) is 31.1. The number of hydrogen-bond acceptors (Lipinski definition) is 11. The minimum Gasteiger partial charge on any atom is -0.457 e. The molecule has 0 aliphatic carbocycles. The molecular weight excluding hydrogens is 837 g/mol. The van der Waals surface area contributed by atoms with Crippen molar-refractivity contribution < 1.29 is 56.2 Å². The molecule has 0 radical (unpaired) electrons. The molecule has 0 aromatic rings. The van der Waals surface area contributed by atoms with Gasteiger partial charge in [0.15, 0.2) is 6.29 Å². The third kappa shape index (κ3) is 34.6. The van der Waals surface area contributed by atoms with E-state index in [4.69, 9.17) is 18.9 Å². The molecule has 1 fully saturated rings. The number of esters is 1. The van der Waals surface area contributed by atoms with E-state index in [1.807, 2.05) is 0 Å².